The highest BCUT2D eigenvalue weighted by Crippen LogP contribution is 2.28. The fourth-order valence-electron chi connectivity index (χ4n) is 1.77. The van der Waals surface area contributed by atoms with Crippen molar-refractivity contribution in [2.45, 2.75) is 27.2 Å². The molecule has 0 aromatic carbocycles. The van der Waals surface area contributed by atoms with Crippen LogP contribution in [0.3, 0.4) is 0 Å². The largest absolute Gasteiger partial charge is 0.460 e. The van der Waals surface area contributed by atoms with Gasteiger partial charge in [0.1, 0.15) is 17.3 Å². The molecule has 3 N–H and O–H groups in total. The van der Waals surface area contributed by atoms with Crippen LogP contribution in [0.15, 0.2) is 16.5 Å². The number of rotatable bonds is 3. The molecule has 0 unspecified atom stereocenters. The molecular formula is C12H17N3O. The van der Waals surface area contributed by atoms with E-state index >= 15 is 0 Å². The number of aromatic nitrogens is 2. The van der Waals surface area contributed by atoms with Crippen LogP contribution in [0.5, 0.6) is 0 Å². The van der Waals surface area contributed by atoms with Crippen LogP contribution < -0.4 is 5.73 Å². The lowest BCUT2D eigenvalue weighted by atomic mass is 10.0. The Kier molecular flexibility index (Phi) is 2.73. The summed E-state index contributed by atoms with van der Waals surface area (Å²) in [5, 5.41) is 6.99. The molecule has 0 bridgehead atoms. The second kappa shape index (κ2) is 4.04. The van der Waals surface area contributed by atoms with E-state index in [-0.39, 0.29) is 0 Å². The zero-order valence-corrected chi connectivity index (χ0v) is 9.87. The van der Waals surface area contributed by atoms with E-state index in [1.54, 1.807) is 0 Å². The first-order valence-electron chi connectivity index (χ1n) is 5.47. The third-order valence-electron chi connectivity index (χ3n) is 2.50. The number of nitrogens with two attached hydrogens (primary N) is 1. The van der Waals surface area contributed by atoms with Gasteiger partial charge in [0.05, 0.1) is 0 Å². The minimum absolute atomic E-state index is 0.537. The van der Waals surface area contributed by atoms with Gasteiger partial charge in [-0.05, 0) is 31.4 Å². The van der Waals surface area contributed by atoms with E-state index in [2.05, 4.69) is 24.0 Å². The van der Waals surface area contributed by atoms with Crippen molar-refractivity contribution in [2.75, 3.05) is 5.73 Å². The highest BCUT2D eigenvalue weighted by molar-refractivity contribution is 5.63. The molecular weight excluding hydrogens is 202 g/mol. The van der Waals surface area contributed by atoms with Crippen molar-refractivity contribution >= 4 is 5.82 Å². The highest BCUT2D eigenvalue weighted by atomic mass is 16.3. The summed E-state index contributed by atoms with van der Waals surface area (Å²) in [7, 11) is 0. The van der Waals surface area contributed by atoms with Crippen molar-refractivity contribution in [3.63, 3.8) is 0 Å². The molecule has 0 amide bonds. The average molecular weight is 219 g/mol. The van der Waals surface area contributed by atoms with Gasteiger partial charge in [-0.3, -0.25) is 5.10 Å². The monoisotopic (exact) mass is 219 g/mol. The zero-order valence-electron chi connectivity index (χ0n) is 9.87. The first-order chi connectivity index (χ1) is 7.58. The van der Waals surface area contributed by atoms with E-state index in [0.717, 1.165) is 29.2 Å². The Bertz CT molecular complexity index is 482. The maximum absolute atomic E-state index is 5.85. The normalized spacial score (nSPS) is 11.2. The molecule has 86 valence electrons. The second-order valence-electron chi connectivity index (χ2n) is 4.47. The molecule has 0 spiro atoms. The smallest absolute Gasteiger partial charge is 0.152 e. The number of aromatic amines is 1. The second-order valence-corrected chi connectivity index (χ2v) is 4.47. The lowest BCUT2D eigenvalue weighted by Gasteiger charge is -2.04. The van der Waals surface area contributed by atoms with Gasteiger partial charge < -0.3 is 10.2 Å². The van der Waals surface area contributed by atoms with Crippen molar-refractivity contribution in [2.24, 2.45) is 5.92 Å². The van der Waals surface area contributed by atoms with Gasteiger partial charge in [0.25, 0.3) is 0 Å². The zero-order chi connectivity index (χ0) is 11.7. The van der Waals surface area contributed by atoms with Crippen LogP contribution >= 0.6 is 0 Å². The molecule has 4 nitrogen and oxygen atoms in total. The highest BCUT2D eigenvalue weighted by Gasteiger charge is 2.16. The van der Waals surface area contributed by atoms with Gasteiger partial charge in [-0.25, -0.2) is 0 Å². The molecule has 2 aromatic rings. The molecule has 0 atom stereocenters. The van der Waals surface area contributed by atoms with Gasteiger partial charge in [0.15, 0.2) is 5.76 Å². The molecule has 2 heterocycles. The third kappa shape index (κ3) is 1.96. The molecule has 0 radical (unpaired) electrons. The molecule has 0 aliphatic heterocycles. The Morgan fingerprint density at radius 2 is 2.19 bits per heavy atom. The summed E-state index contributed by atoms with van der Waals surface area (Å²) in [5.41, 5.74) is 7.80. The molecule has 0 aliphatic rings. The predicted octanol–water partition coefficient (Wildman–Crippen LogP) is 2.76. The van der Waals surface area contributed by atoms with Gasteiger partial charge in [-0.2, -0.15) is 5.10 Å². The number of anilines is 1. The molecule has 2 aromatic heterocycles. The predicted molar refractivity (Wildman–Crippen MR) is 64.0 cm³/mol. The van der Waals surface area contributed by atoms with Crippen LogP contribution in [0.2, 0.25) is 0 Å². The van der Waals surface area contributed by atoms with E-state index in [4.69, 9.17) is 10.2 Å². The molecule has 0 aliphatic carbocycles. The summed E-state index contributed by atoms with van der Waals surface area (Å²) in [6.07, 6.45) is 0.900. The summed E-state index contributed by atoms with van der Waals surface area (Å²) >= 11 is 0. The number of aryl methyl sites for hydroxylation is 1. The van der Waals surface area contributed by atoms with E-state index < -0.39 is 0 Å². The fourth-order valence-corrected chi connectivity index (χ4v) is 1.77. The Hall–Kier alpha value is -1.71. The van der Waals surface area contributed by atoms with Gasteiger partial charge in [-0.1, -0.05) is 13.8 Å². The number of nitrogens with one attached hydrogen (secondary N) is 1. The van der Waals surface area contributed by atoms with Crippen molar-refractivity contribution < 1.29 is 4.42 Å². The molecule has 4 heteroatoms. The van der Waals surface area contributed by atoms with Crippen LogP contribution in [0.4, 0.5) is 5.82 Å². The van der Waals surface area contributed by atoms with Crippen molar-refractivity contribution in [1.29, 1.82) is 0 Å². The van der Waals surface area contributed by atoms with Crippen LogP contribution in [0.25, 0.3) is 11.5 Å². The molecule has 16 heavy (non-hydrogen) atoms. The number of H-pyrrole nitrogens is 1. The van der Waals surface area contributed by atoms with Crippen LogP contribution in [0, 0.1) is 12.8 Å². The maximum atomic E-state index is 5.85. The van der Waals surface area contributed by atoms with Gasteiger partial charge in [0, 0.05) is 5.56 Å². The minimum Gasteiger partial charge on any atom is -0.460 e. The number of hydrogen-bond donors (Lipinski definition) is 2. The Balaban J connectivity index is 2.41. The Labute approximate surface area is 94.8 Å². The summed E-state index contributed by atoms with van der Waals surface area (Å²) < 4.78 is 5.58. The number of hydrogen-bond acceptors (Lipinski definition) is 3. The fraction of sp³-hybridized carbons (Fsp3) is 0.417. The maximum Gasteiger partial charge on any atom is 0.152 e. The summed E-state index contributed by atoms with van der Waals surface area (Å²) in [6.45, 7) is 6.23. The number of nitrogens with zero attached hydrogens (tertiary/aromatic N) is 1. The summed E-state index contributed by atoms with van der Waals surface area (Å²) in [4.78, 5) is 0. The van der Waals surface area contributed by atoms with Gasteiger partial charge in [-0.15, -0.1) is 0 Å². The Morgan fingerprint density at radius 1 is 1.44 bits per heavy atom. The first kappa shape index (κ1) is 10.8. The lowest BCUT2D eigenvalue weighted by molar-refractivity contribution is 0.544. The van der Waals surface area contributed by atoms with Crippen molar-refractivity contribution in [1.82, 2.24) is 10.2 Å². The van der Waals surface area contributed by atoms with Crippen LogP contribution in [0.1, 0.15) is 25.2 Å². The third-order valence-corrected chi connectivity index (χ3v) is 2.50. The molecule has 0 saturated heterocycles. The summed E-state index contributed by atoms with van der Waals surface area (Å²) in [6, 6.07) is 3.87. The molecule has 2 rings (SSSR count). The lowest BCUT2D eigenvalue weighted by Crippen LogP contribution is -1.98. The molecule has 0 fully saturated rings. The van der Waals surface area contributed by atoms with Crippen molar-refractivity contribution in [3.8, 4) is 11.5 Å². The number of nitrogen functional groups attached to an aromatic ring is 1. The van der Waals surface area contributed by atoms with E-state index in [0.29, 0.717) is 11.7 Å². The quantitative estimate of drug-likeness (QED) is 0.834. The standard InChI is InChI=1S/C12H17N3O/c1-7(2)6-9-11(14-15-12(9)13)10-5-4-8(3)16-10/h4-5,7H,6H2,1-3H3,(H3,13,14,15). The van der Waals surface area contributed by atoms with E-state index in [9.17, 15) is 0 Å². The molecule has 0 saturated carbocycles. The minimum atomic E-state index is 0.537. The van der Waals surface area contributed by atoms with Gasteiger partial charge >= 0.3 is 0 Å². The van der Waals surface area contributed by atoms with Crippen LogP contribution in [-0.2, 0) is 6.42 Å². The van der Waals surface area contributed by atoms with Crippen LogP contribution in [-0.4, -0.2) is 10.2 Å². The topological polar surface area (TPSA) is 67.8 Å². The average Bonchev–Trinajstić information content (AvgIpc) is 2.75. The van der Waals surface area contributed by atoms with E-state index in [1.165, 1.54) is 0 Å². The van der Waals surface area contributed by atoms with E-state index in [1.807, 2.05) is 19.1 Å². The first-order valence-corrected chi connectivity index (χ1v) is 5.47. The summed E-state index contributed by atoms with van der Waals surface area (Å²) in [5.74, 6) is 2.79. The van der Waals surface area contributed by atoms with Crippen molar-refractivity contribution in [3.05, 3.63) is 23.5 Å². The number of furan rings is 1. The van der Waals surface area contributed by atoms with Gasteiger partial charge in [0.2, 0.25) is 0 Å². The SMILES string of the molecule is Cc1ccc(-c2[nH]nc(N)c2CC(C)C)o1. The Morgan fingerprint density at radius 3 is 2.75 bits per heavy atom.